The number of ether oxygens (including phenoxy) is 2. The molecule has 2 N–H and O–H groups in total. The van der Waals surface area contributed by atoms with Gasteiger partial charge in [-0.25, -0.2) is 4.79 Å². The second-order valence-corrected chi connectivity index (χ2v) is 6.26. The molecule has 0 radical (unpaired) electrons. The normalized spacial score (nSPS) is 20.7. The van der Waals surface area contributed by atoms with E-state index in [-0.39, 0.29) is 18.2 Å². The van der Waals surface area contributed by atoms with Gasteiger partial charge in [0.2, 0.25) is 0 Å². The van der Waals surface area contributed by atoms with Crippen molar-refractivity contribution in [3.8, 4) is 5.75 Å². The minimum absolute atomic E-state index is 0.158. The Bertz CT molecular complexity index is 500. The molecular formula is C19H30N2O3. The summed E-state index contributed by atoms with van der Waals surface area (Å²) >= 11 is 0. The zero-order valence-corrected chi connectivity index (χ0v) is 15.0. The molecule has 1 fully saturated rings. The number of hydrogen-bond acceptors (Lipinski definition) is 3. The maximum absolute atomic E-state index is 12.2. The van der Waals surface area contributed by atoms with Gasteiger partial charge in [0, 0.05) is 18.3 Å². The van der Waals surface area contributed by atoms with Crippen LogP contribution in [0.25, 0.3) is 0 Å². The summed E-state index contributed by atoms with van der Waals surface area (Å²) < 4.78 is 11.3. The van der Waals surface area contributed by atoms with E-state index in [1.54, 1.807) is 0 Å². The number of carbonyl (C=O) groups excluding carboxylic acids is 1. The Balaban J connectivity index is 1.83. The van der Waals surface area contributed by atoms with Gasteiger partial charge in [-0.1, -0.05) is 26.7 Å². The second-order valence-electron chi connectivity index (χ2n) is 6.26. The number of amides is 2. The third-order valence-corrected chi connectivity index (χ3v) is 4.65. The van der Waals surface area contributed by atoms with Crippen LogP contribution >= 0.6 is 0 Å². The molecule has 134 valence electrons. The Labute approximate surface area is 145 Å². The molecule has 1 aromatic rings. The molecular weight excluding hydrogens is 304 g/mol. The van der Waals surface area contributed by atoms with Crippen molar-refractivity contribution in [1.29, 1.82) is 0 Å². The highest BCUT2D eigenvalue weighted by Crippen LogP contribution is 2.25. The number of carbonyl (C=O) groups is 1. The summed E-state index contributed by atoms with van der Waals surface area (Å²) in [6.45, 7) is 7.70. The maximum Gasteiger partial charge on any atom is 0.319 e. The molecule has 2 amide bonds. The molecule has 5 heteroatoms. The Kier molecular flexibility index (Phi) is 7.37. The molecule has 1 saturated heterocycles. The second kappa shape index (κ2) is 9.52. The average Bonchev–Trinajstić information content (AvgIpc) is 2.58. The molecule has 1 heterocycles. The average molecular weight is 334 g/mol. The smallest absolute Gasteiger partial charge is 0.319 e. The van der Waals surface area contributed by atoms with E-state index in [2.05, 4.69) is 24.5 Å². The molecule has 5 nitrogen and oxygen atoms in total. The Morgan fingerprint density at radius 2 is 1.96 bits per heavy atom. The Morgan fingerprint density at radius 1 is 1.25 bits per heavy atom. The maximum atomic E-state index is 12.2. The molecule has 2 atom stereocenters. The van der Waals surface area contributed by atoms with Gasteiger partial charge in [0.25, 0.3) is 0 Å². The third-order valence-electron chi connectivity index (χ3n) is 4.65. The van der Waals surface area contributed by atoms with Crippen molar-refractivity contribution in [3.05, 3.63) is 24.3 Å². The van der Waals surface area contributed by atoms with Crippen molar-refractivity contribution in [2.24, 2.45) is 5.92 Å². The van der Waals surface area contributed by atoms with Crippen molar-refractivity contribution < 1.29 is 14.3 Å². The fourth-order valence-corrected chi connectivity index (χ4v) is 3.26. The number of urea groups is 1. The van der Waals surface area contributed by atoms with E-state index in [1.807, 2.05) is 31.2 Å². The number of rotatable bonds is 7. The van der Waals surface area contributed by atoms with Crippen LogP contribution in [0.2, 0.25) is 0 Å². The molecule has 2 rings (SSSR count). The molecule has 0 aliphatic carbocycles. The van der Waals surface area contributed by atoms with Crippen molar-refractivity contribution in [3.63, 3.8) is 0 Å². The number of nitrogens with one attached hydrogen (secondary N) is 2. The molecule has 0 saturated carbocycles. The van der Waals surface area contributed by atoms with Crippen LogP contribution in [0, 0.1) is 5.92 Å². The number of anilines is 1. The van der Waals surface area contributed by atoms with E-state index >= 15 is 0 Å². The summed E-state index contributed by atoms with van der Waals surface area (Å²) in [5.41, 5.74) is 0.763. The molecule has 1 aromatic carbocycles. The van der Waals surface area contributed by atoms with Crippen molar-refractivity contribution >= 4 is 11.7 Å². The van der Waals surface area contributed by atoms with Crippen LogP contribution in [0.4, 0.5) is 10.5 Å². The van der Waals surface area contributed by atoms with Crippen LogP contribution in [0.5, 0.6) is 5.75 Å². The third kappa shape index (κ3) is 5.41. The minimum Gasteiger partial charge on any atom is -0.494 e. The van der Waals surface area contributed by atoms with E-state index in [0.717, 1.165) is 43.7 Å². The van der Waals surface area contributed by atoms with E-state index in [1.165, 1.54) is 0 Å². The highest BCUT2D eigenvalue weighted by atomic mass is 16.5. The van der Waals surface area contributed by atoms with E-state index in [0.29, 0.717) is 12.5 Å². The van der Waals surface area contributed by atoms with E-state index in [4.69, 9.17) is 9.47 Å². The summed E-state index contributed by atoms with van der Waals surface area (Å²) in [4.78, 5) is 12.2. The van der Waals surface area contributed by atoms with Gasteiger partial charge in [-0.3, -0.25) is 0 Å². The fraction of sp³-hybridized carbons (Fsp3) is 0.632. The highest BCUT2D eigenvalue weighted by Gasteiger charge is 2.28. The summed E-state index contributed by atoms with van der Waals surface area (Å²) in [6.07, 6.45) is 4.25. The summed E-state index contributed by atoms with van der Waals surface area (Å²) in [7, 11) is 0. The van der Waals surface area contributed by atoms with Gasteiger partial charge < -0.3 is 20.1 Å². The summed E-state index contributed by atoms with van der Waals surface area (Å²) in [5.74, 6) is 1.38. The van der Waals surface area contributed by atoms with Crippen LogP contribution in [0.3, 0.4) is 0 Å². The molecule has 1 aliphatic rings. The van der Waals surface area contributed by atoms with Gasteiger partial charge in [-0.2, -0.15) is 0 Å². The van der Waals surface area contributed by atoms with Gasteiger partial charge >= 0.3 is 6.03 Å². The Hall–Kier alpha value is -1.75. The predicted molar refractivity (Wildman–Crippen MR) is 96.6 cm³/mol. The number of hydrogen-bond donors (Lipinski definition) is 2. The molecule has 0 spiro atoms. The van der Waals surface area contributed by atoms with Crippen LogP contribution in [0.1, 0.15) is 46.5 Å². The predicted octanol–water partition coefficient (Wildman–Crippen LogP) is 4.19. The summed E-state index contributed by atoms with van der Waals surface area (Å²) in [5, 5.41) is 5.96. The monoisotopic (exact) mass is 334 g/mol. The van der Waals surface area contributed by atoms with Gasteiger partial charge in [0.05, 0.1) is 12.7 Å². The van der Waals surface area contributed by atoms with Crippen LogP contribution in [-0.4, -0.2) is 31.4 Å². The molecule has 1 aliphatic heterocycles. The van der Waals surface area contributed by atoms with Gasteiger partial charge in [-0.15, -0.1) is 0 Å². The fourth-order valence-electron chi connectivity index (χ4n) is 3.26. The van der Waals surface area contributed by atoms with Crippen LogP contribution in [-0.2, 0) is 4.74 Å². The molecule has 24 heavy (non-hydrogen) atoms. The van der Waals surface area contributed by atoms with E-state index in [9.17, 15) is 4.79 Å². The van der Waals surface area contributed by atoms with Gasteiger partial charge in [-0.05, 0) is 49.9 Å². The Morgan fingerprint density at radius 3 is 2.58 bits per heavy atom. The topological polar surface area (TPSA) is 59.6 Å². The zero-order valence-electron chi connectivity index (χ0n) is 15.0. The number of benzene rings is 1. The first-order chi connectivity index (χ1) is 11.7. The largest absolute Gasteiger partial charge is 0.494 e. The first kappa shape index (κ1) is 18.6. The quantitative estimate of drug-likeness (QED) is 0.786. The first-order valence-electron chi connectivity index (χ1n) is 9.08. The SMILES string of the molecule is CCOc1ccc(NC(=O)N[C@H]2CCO[C@H](C(CC)CC)C2)cc1. The van der Waals surface area contributed by atoms with Crippen molar-refractivity contribution in [1.82, 2.24) is 5.32 Å². The van der Waals surface area contributed by atoms with Crippen LogP contribution < -0.4 is 15.4 Å². The van der Waals surface area contributed by atoms with Crippen molar-refractivity contribution in [2.75, 3.05) is 18.5 Å². The minimum atomic E-state index is -0.158. The van der Waals surface area contributed by atoms with Gasteiger partial charge in [0.1, 0.15) is 5.75 Å². The summed E-state index contributed by atoms with van der Waals surface area (Å²) in [6, 6.07) is 7.43. The van der Waals surface area contributed by atoms with E-state index < -0.39 is 0 Å². The van der Waals surface area contributed by atoms with Gasteiger partial charge in [0.15, 0.2) is 0 Å². The lowest BCUT2D eigenvalue weighted by molar-refractivity contribution is -0.0329. The lowest BCUT2D eigenvalue weighted by Gasteiger charge is -2.34. The van der Waals surface area contributed by atoms with Crippen molar-refractivity contribution in [2.45, 2.75) is 58.6 Å². The van der Waals surface area contributed by atoms with Crippen LogP contribution in [0.15, 0.2) is 24.3 Å². The lowest BCUT2D eigenvalue weighted by atomic mass is 9.89. The molecule has 0 aromatic heterocycles. The highest BCUT2D eigenvalue weighted by molar-refractivity contribution is 5.89. The first-order valence-corrected chi connectivity index (χ1v) is 9.08. The molecule has 0 bridgehead atoms. The molecule has 0 unspecified atom stereocenters. The zero-order chi connectivity index (χ0) is 17.4. The lowest BCUT2D eigenvalue weighted by Crippen LogP contribution is -2.45. The standard InChI is InChI=1S/C19H30N2O3/c1-4-14(5-2)18-13-16(11-12-24-18)21-19(22)20-15-7-9-17(10-8-15)23-6-3/h7-10,14,16,18H,4-6,11-13H2,1-3H3,(H2,20,21,22)/t16-,18-/m0/s1.